The first kappa shape index (κ1) is 25.0. The van der Waals surface area contributed by atoms with Gasteiger partial charge in [-0.3, -0.25) is 0 Å². The first-order valence-electron chi connectivity index (χ1n) is 10.6. The zero-order valence-electron chi connectivity index (χ0n) is 20.5. The van der Waals surface area contributed by atoms with Gasteiger partial charge in [0.25, 0.3) is 0 Å². The molecule has 0 radical (unpaired) electrons. The Morgan fingerprint density at radius 2 is 0.893 bits per heavy atom. The molecule has 4 heteroatoms. The van der Waals surface area contributed by atoms with Gasteiger partial charge in [0, 0.05) is 22.5 Å². The third kappa shape index (κ3) is 5.76. The lowest BCUT2D eigenvalue weighted by Gasteiger charge is -2.41. The quantitative estimate of drug-likeness (QED) is 0.352. The SMILES string of the molecule is CC(C)(C)C(=N)C(c1ccccc1C(C(=N)C(C)(C)C)[Si](C)(C)C)[Si](C)(C)C. The van der Waals surface area contributed by atoms with Crippen molar-refractivity contribution in [2.45, 2.75) is 91.9 Å². The summed E-state index contributed by atoms with van der Waals surface area (Å²) in [5, 5.41) is 18.2. The van der Waals surface area contributed by atoms with Crippen molar-refractivity contribution in [1.29, 1.82) is 10.8 Å². The molecule has 1 rings (SSSR count). The topological polar surface area (TPSA) is 47.7 Å². The second kappa shape index (κ2) is 8.02. The van der Waals surface area contributed by atoms with E-state index >= 15 is 0 Å². The molecule has 2 nitrogen and oxygen atoms in total. The van der Waals surface area contributed by atoms with Crippen LogP contribution in [0.1, 0.15) is 63.8 Å². The molecule has 0 bridgehead atoms. The molecule has 0 aliphatic carbocycles. The van der Waals surface area contributed by atoms with Crippen LogP contribution in [0.3, 0.4) is 0 Å². The summed E-state index contributed by atoms with van der Waals surface area (Å²) < 4.78 is 0. The van der Waals surface area contributed by atoms with Gasteiger partial charge in [-0.15, -0.1) is 0 Å². The Labute approximate surface area is 176 Å². The number of benzene rings is 1. The van der Waals surface area contributed by atoms with Crippen LogP contribution in [0, 0.1) is 21.6 Å². The van der Waals surface area contributed by atoms with E-state index in [0.717, 1.165) is 11.4 Å². The van der Waals surface area contributed by atoms with Crippen molar-refractivity contribution < 1.29 is 0 Å². The van der Waals surface area contributed by atoms with E-state index in [4.69, 9.17) is 10.8 Å². The minimum Gasteiger partial charge on any atom is -0.309 e. The average Bonchev–Trinajstić information content (AvgIpc) is 2.44. The van der Waals surface area contributed by atoms with Crippen molar-refractivity contribution in [3.63, 3.8) is 0 Å². The molecule has 2 unspecified atom stereocenters. The minimum absolute atomic E-state index is 0.149. The molecule has 0 amide bonds. The molecular weight excluding hydrogens is 372 g/mol. The van der Waals surface area contributed by atoms with Crippen molar-refractivity contribution in [1.82, 2.24) is 0 Å². The summed E-state index contributed by atoms with van der Waals surface area (Å²) in [4.78, 5) is 0. The summed E-state index contributed by atoms with van der Waals surface area (Å²) in [7, 11) is -3.39. The van der Waals surface area contributed by atoms with Gasteiger partial charge in [0.05, 0.1) is 16.1 Å². The molecule has 0 fully saturated rings. The van der Waals surface area contributed by atoms with Gasteiger partial charge in [0.1, 0.15) is 0 Å². The van der Waals surface area contributed by atoms with Gasteiger partial charge in [0.15, 0.2) is 0 Å². The normalized spacial score (nSPS) is 15.9. The maximum Gasteiger partial charge on any atom is 0.0589 e. The predicted octanol–water partition coefficient (Wildman–Crippen LogP) is 7.74. The number of nitrogens with one attached hydrogen (secondary N) is 2. The van der Waals surface area contributed by atoms with E-state index in [2.05, 4.69) is 105 Å². The number of hydrogen-bond donors (Lipinski definition) is 2. The fourth-order valence-corrected chi connectivity index (χ4v) is 9.00. The Bertz CT molecular complexity index is 660. The maximum absolute atomic E-state index is 9.11. The molecule has 0 aromatic heterocycles. The standard InChI is InChI=1S/C24H44N2Si2/c1-23(2,3)21(25)19(27(7,8)9)17-15-13-14-16-18(17)20(28(10,11)12)22(26)24(4,5)6/h13-16,19-20,25-26H,1-12H3. The Balaban J connectivity index is 3.81. The Kier molecular flexibility index (Phi) is 7.17. The van der Waals surface area contributed by atoms with E-state index in [0.29, 0.717) is 0 Å². The van der Waals surface area contributed by atoms with Gasteiger partial charge in [-0.2, -0.15) is 0 Å². The lowest BCUT2D eigenvalue weighted by molar-refractivity contribution is 0.570. The molecule has 0 aliphatic heterocycles. The summed E-state index contributed by atoms with van der Waals surface area (Å²) >= 11 is 0. The van der Waals surface area contributed by atoms with Gasteiger partial charge in [-0.25, -0.2) is 0 Å². The smallest absolute Gasteiger partial charge is 0.0589 e. The van der Waals surface area contributed by atoms with Crippen LogP contribution in [-0.4, -0.2) is 27.6 Å². The Morgan fingerprint density at radius 3 is 1.07 bits per heavy atom. The summed E-state index contributed by atoms with van der Waals surface area (Å²) in [6.07, 6.45) is 0. The molecule has 0 heterocycles. The van der Waals surface area contributed by atoms with Crippen molar-refractivity contribution in [2.24, 2.45) is 10.8 Å². The maximum atomic E-state index is 9.11. The second-order valence-electron chi connectivity index (χ2n) is 12.6. The van der Waals surface area contributed by atoms with E-state index in [-0.39, 0.29) is 21.9 Å². The monoisotopic (exact) mass is 416 g/mol. The summed E-state index contributed by atoms with van der Waals surface area (Å²) in [5.41, 5.74) is 4.36. The Morgan fingerprint density at radius 1 is 0.643 bits per heavy atom. The van der Waals surface area contributed by atoms with E-state index in [9.17, 15) is 0 Å². The van der Waals surface area contributed by atoms with Crippen molar-refractivity contribution in [3.8, 4) is 0 Å². The highest BCUT2D eigenvalue weighted by molar-refractivity contribution is 6.81. The molecule has 1 aromatic carbocycles. The van der Waals surface area contributed by atoms with Crippen LogP contribution in [-0.2, 0) is 0 Å². The molecule has 1 aromatic rings. The second-order valence-corrected chi connectivity index (χ2v) is 23.2. The van der Waals surface area contributed by atoms with Gasteiger partial charge >= 0.3 is 0 Å². The average molecular weight is 417 g/mol. The van der Waals surface area contributed by atoms with Gasteiger partial charge in [-0.1, -0.05) is 105 Å². The minimum atomic E-state index is -1.70. The lowest BCUT2D eigenvalue weighted by atomic mass is 9.81. The van der Waals surface area contributed by atoms with Crippen LogP contribution in [0.15, 0.2) is 24.3 Å². The van der Waals surface area contributed by atoms with E-state index in [1.807, 2.05) is 0 Å². The van der Waals surface area contributed by atoms with Gasteiger partial charge in [-0.05, 0) is 22.0 Å². The van der Waals surface area contributed by atoms with Crippen LogP contribution in [0.2, 0.25) is 39.3 Å². The molecule has 0 spiro atoms. The predicted molar refractivity (Wildman–Crippen MR) is 133 cm³/mol. The van der Waals surface area contributed by atoms with Crippen molar-refractivity contribution in [2.75, 3.05) is 0 Å². The lowest BCUT2D eigenvalue weighted by Crippen LogP contribution is -2.45. The van der Waals surface area contributed by atoms with Crippen molar-refractivity contribution >= 4 is 27.6 Å². The molecular formula is C24H44N2Si2. The van der Waals surface area contributed by atoms with E-state index in [1.165, 1.54) is 11.1 Å². The summed E-state index contributed by atoms with van der Waals surface area (Å²) in [5.74, 6) is 0. The highest BCUT2D eigenvalue weighted by Crippen LogP contribution is 2.42. The van der Waals surface area contributed by atoms with Crippen molar-refractivity contribution in [3.05, 3.63) is 35.4 Å². The molecule has 2 atom stereocenters. The highest BCUT2D eigenvalue weighted by Gasteiger charge is 2.42. The third-order valence-electron chi connectivity index (χ3n) is 5.54. The van der Waals surface area contributed by atoms with Crippen LogP contribution >= 0.6 is 0 Å². The van der Waals surface area contributed by atoms with Crippen LogP contribution in [0.25, 0.3) is 0 Å². The van der Waals surface area contributed by atoms with Crippen LogP contribution < -0.4 is 0 Å². The largest absolute Gasteiger partial charge is 0.309 e. The third-order valence-corrected chi connectivity index (χ3v) is 10.2. The first-order valence-corrected chi connectivity index (χ1v) is 17.7. The molecule has 0 saturated carbocycles. The van der Waals surface area contributed by atoms with Crippen LogP contribution in [0.5, 0.6) is 0 Å². The molecule has 0 aliphatic rings. The number of hydrogen-bond acceptors (Lipinski definition) is 2. The van der Waals surface area contributed by atoms with E-state index in [1.54, 1.807) is 0 Å². The molecule has 2 N–H and O–H groups in total. The number of rotatable bonds is 6. The first-order chi connectivity index (χ1) is 12.3. The van der Waals surface area contributed by atoms with Crippen LogP contribution in [0.4, 0.5) is 0 Å². The fraction of sp³-hybridized carbons (Fsp3) is 0.667. The molecule has 28 heavy (non-hydrogen) atoms. The van der Waals surface area contributed by atoms with Gasteiger partial charge < -0.3 is 10.8 Å². The zero-order chi connectivity index (χ0) is 22.3. The fourth-order valence-electron chi connectivity index (χ4n) is 4.01. The van der Waals surface area contributed by atoms with E-state index < -0.39 is 16.1 Å². The molecule has 158 valence electrons. The summed E-state index contributed by atoms with van der Waals surface area (Å²) in [6.45, 7) is 27.3. The van der Waals surface area contributed by atoms with Gasteiger partial charge in [0.2, 0.25) is 0 Å². The summed E-state index contributed by atoms with van der Waals surface area (Å²) in [6, 6.07) is 8.76. The molecule has 0 saturated heterocycles. The highest BCUT2D eigenvalue weighted by atomic mass is 28.3. The Hall–Kier alpha value is -1.01. The zero-order valence-corrected chi connectivity index (χ0v) is 22.5.